The number of carbonyl (C=O) groups is 1. The number of phenols is 1. The Morgan fingerprint density at radius 1 is 1.16 bits per heavy atom. The van der Waals surface area contributed by atoms with Crippen LogP contribution in [0.25, 0.3) is 0 Å². The highest BCUT2D eigenvalue weighted by molar-refractivity contribution is 5.85. The molecule has 4 N–H and O–H groups in total. The van der Waals surface area contributed by atoms with Crippen molar-refractivity contribution in [3.63, 3.8) is 0 Å². The molecule has 1 aliphatic heterocycles. The topological polar surface area (TPSA) is 84.6 Å². The van der Waals surface area contributed by atoms with Gasteiger partial charge < -0.3 is 20.9 Å². The monoisotopic (exact) mass is 348 g/mol. The molecule has 0 radical (unpaired) electrons. The third-order valence-electron chi connectivity index (χ3n) is 5.42. The average Bonchev–Trinajstić information content (AvgIpc) is 2.60. The Morgan fingerprint density at radius 3 is 2.52 bits per heavy atom. The van der Waals surface area contributed by atoms with Crippen LogP contribution < -0.4 is 15.8 Å². The molecule has 2 rings (SSSR count). The molecule has 0 saturated heterocycles. The number of rotatable bonds is 7. The van der Waals surface area contributed by atoms with Gasteiger partial charge in [-0.15, -0.1) is 0 Å². The zero-order valence-electron chi connectivity index (χ0n) is 16.0. The van der Waals surface area contributed by atoms with E-state index in [9.17, 15) is 9.90 Å². The van der Waals surface area contributed by atoms with Crippen molar-refractivity contribution < 1.29 is 14.6 Å². The predicted molar refractivity (Wildman–Crippen MR) is 100 cm³/mol. The summed E-state index contributed by atoms with van der Waals surface area (Å²) in [5.41, 5.74) is 8.25. The van der Waals surface area contributed by atoms with Gasteiger partial charge in [-0.05, 0) is 70.2 Å². The highest BCUT2D eigenvalue weighted by atomic mass is 16.5. The molecule has 5 heteroatoms. The highest BCUT2D eigenvalue weighted by Gasteiger charge is 2.40. The normalized spacial score (nSPS) is 19.2. The van der Waals surface area contributed by atoms with Crippen molar-refractivity contribution in [2.24, 2.45) is 5.73 Å². The van der Waals surface area contributed by atoms with Gasteiger partial charge in [0.1, 0.15) is 11.5 Å². The van der Waals surface area contributed by atoms with E-state index in [1.54, 1.807) is 0 Å². The molecule has 140 valence electrons. The second-order valence-electron chi connectivity index (χ2n) is 7.32. The van der Waals surface area contributed by atoms with Crippen LogP contribution in [0.4, 0.5) is 0 Å². The minimum absolute atomic E-state index is 0.0558. The van der Waals surface area contributed by atoms with Gasteiger partial charge >= 0.3 is 0 Å². The lowest BCUT2D eigenvalue weighted by Crippen LogP contribution is -2.51. The molecular weight excluding hydrogens is 316 g/mol. The number of fused-ring (bicyclic) bond motifs is 1. The molecule has 1 aromatic rings. The third kappa shape index (κ3) is 4.09. The van der Waals surface area contributed by atoms with Crippen LogP contribution in [-0.2, 0) is 11.2 Å². The van der Waals surface area contributed by atoms with Crippen LogP contribution in [0.1, 0.15) is 61.3 Å². The number of unbranched alkanes of at least 4 members (excludes halogenated alkanes) is 3. The van der Waals surface area contributed by atoms with E-state index >= 15 is 0 Å². The van der Waals surface area contributed by atoms with Crippen molar-refractivity contribution in [3.8, 4) is 11.5 Å². The van der Waals surface area contributed by atoms with Gasteiger partial charge in [-0.25, -0.2) is 0 Å². The van der Waals surface area contributed by atoms with Crippen molar-refractivity contribution in [1.29, 1.82) is 0 Å². The van der Waals surface area contributed by atoms with Crippen molar-refractivity contribution in [2.45, 2.75) is 71.8 Å². The first-order chi connectivity index (χ1) is 11.8. The van der Waals surface area contributed by atoms with E-state index in [1.165, 1.54) is 0 Å². The van der Waals surface area contributed by atoms with Gasteiger partial charge in [-0.1, -0.05) is 12.8 Å². The average molecular weight is 348 g/mol. The molecule has 1 aliphatic rings. The maximum atomic E-state index is 12.7. The van der Waals surface area contributed by atoms with E-state index in [4.69, 9.17) is 10.5 Å². The lowest BCUT2D eigenvalue weighted by molar-refractivity contribution is -0.136. The Bertz CT molecular complexity index is 643. The maximum Gasteiger partial charge on any atom is 0.263 e. The first kappa shape index (κ1) is 19.6. The molecule has 1 amide bonds. The standard InChI is InChI=1S/C20H32N2O3/c1-13-14(2)18-16(15(3)17(13)23)9-10-20(4,25-18)19(24)22-12-8-6-5-7-11-21/h23H,5-12,21H2,1-4H3,(H,22,24). The fourth-order valence-electron chi connectivity index (χ4n) is 3.42. The predicted octanol–water partition coefficient (Wildman–Crippen LogP) is 3.04. The highest BCUT2D eigenvalue weighted by Crippen LogP contribution is 2.43. The Labute approximate surface area is 150 Å². The van der Waals surface area contributed by atoms with Gasteiger partial charge in [-0.3, -0.25) is 4.79 Å². The lowest BCUT2D eigenvalue weighted by Gasteiger charge is -2.36. The summed E-state index contributed by atoms with van der Waals surface area (Å²) in [5.74, 6) is 1.05. The number of nitrogens with one attached hydrogen (secondary N) is 1. The largest absolute Gasteiger partial charge is 0.507 e. The Morgan fingerprint density at radius 2 is 1.84 bits per heavy atom. The molecule has 1 heterocycles. The first-order valence-electron chi connectivity index (χ1n) is 9.30. The number of ether oxygens (including phenoxy) is 1. The van der Waals surface area contributed by atoms with Gasteiger partial charge in [0.2, 0.25) is 0 Å². The first-order valence-corrected chi connectivity index (χ1v) is 9.30. The molecule has 0 bridgehead atoms. The van der Waals surface area contributed by atoms with E-state index < -0.39 is 5.60 Å². The Balaban J connectivity index is 2.04. The van der Waals surface area contributed by atoms with E-state index in [2.05, 4.69) is 5.32 Å². The van der Waals surface area contributed by atoms with Crippen LogP contribution in [0.2, 0.25) is 0 Å². The van der Waals surface area contributed by atoms with Crippen LogP contribution in [-0.4, -0.2) is 29.7 Å². The fraction of sp³-hybridized carbons (Fsp3) is 0.650. The molecule has 0 fully saturated rings. The van der Waals surface area contributed by atoms with Crippen LogP contribution in [0.15, 0.2) is 0 Å². The fourth-order valence-corrected chi connectivity index (χ4v) is 3.42. The van der Waals surface area contributed by atoms with Gasteiger partial charge in [0.05, 0.1) is 0 Å². The van der Waals surface area contributed by atoms with E-state index in [-0.39, 0.29) is 5.91 Å². The number of benzene rings is 1. The summed E-state index contributed by atoms with van der Waals surface area (Å²) >= 11 is 0. The zero-order valence-corrected chi connectivity index (χ0v) is 16.0. The van der Waals surface area contributed by atoms with E-state index in [0.29, 0.717) is 18.7 Å². The molecule has 0 aromatic heterocycles. The Kier molecular flexibility index (Phi) is 6.33. The number of hydrogen-bond acceptors (Lipinski definition) is 4. The molecule has 0 spiro atoms. The Hall–Kier alpha value is -1.75. The number of nitrogens with two attached hydrogens (primary N) is 1. The molecule has 0 saturated carbocycles. The van der Waals surface area contributed by atoms with Crippen molar-refractivity contribution in [2.75, 3.05) is 13.1 Å². The van der Waals surface area contributed by atoms with Crippen LogP contribution >= 0.6 is 0 Å². The van der Waals surface area contributed by atoms with Crippen molar-refractivity contribution in [3.05, 3.63) is 22.3 Å². The SMILES string of the molecule is Cc1c(C)c2c(c(C)c1O)CCC(C)(C(=O)NCCCCCCN)O2. The second kappa shape index (κ2) is 8.09. The number of hydrogen-bond donors (Lipinski definition) is 3. The number of amides is 1. The molecule has 1 unspecified atom stereocenters. The smallest absolute Gasteiger partial charge is 0.263 e. The summed E-state index contributed by atoms with van der Waals surface area (Å²) in [5, 5.41) is 13.3. The molecule has 0 aliphatic carbocycles. The molecule has 1 aromatic carbocycles. The summed E-state index contributed by atoms with van der Waals surface area (Å²) in [7, 11) is 0. The van der Waals surface area contributed by atoms with Crippen LogP contribution in [0.3, 0.4) is 0 Å². The summed E-state index contributed by atoms with van der Waals surface area (Å²) in [6.07, 6.45) is 5.53. The van der Waals surface area contributed by atoms with Gasteiger partial charge in [0, 0.05) is 18.5 Å². The van der Waals surface area contributed by atoms with Crippen LogP contribution in [0, 0.1) is 20.8 Å². The minimum Gasteiger partial charge on any atom is -0.507 e. The molecule has 5 nitrogen and oxygen atoms in total. The van der Waals surface area contributed by atoms with Crippen molar-refractivity contribution in [1.82, 2.24) is 5.32 Å². The number of phenolic OH excluding ortho intramolecular Hbond substituents is 1. The number of aromatic hydroxyl groups is 1. The summed E-state index contributed by atoms with van der Waals surface area (Å²) in [6, 6.07) is 0. The maximum absolute atomic E-state index is 12.7. The summed E-state index contributed by atoms with van der Waals surface area (Å²) in [4.78, 5) is 12.7. The molecule has 25 heavy (non-hydrogen) atoms. The van der Waals surface area contributed by atoms with E-state index in [0.717, 1.165) is 66.7 Å². The molecule has 1 atom stereocenters. The third-order valence-corrected chi connectivity index (χ3v) is 5.42. The van der Waals surface area contributed by atoms with Crippen LogP contribution in [0.5, 0.6) is 11.5 Å². The zero-order chi connectivity index (χ0) is 18.6. The summed E-state index contributed by atoms with van der Waals surface area (Å²) in [6.45, 7) is 8.99. The number of carbonyl (C=O) groups excluding carboxylic acids is 1. The second-order valence-corrected chi connectivity index (χ2v) is 7.32. The van der Waals surface area contributed by atoms with Gasteiger partial charge in [0.25, 0.3) is 5.91 Å². The van der Waals surface area contributed by atoms with Gasteiger partial charge in [0.15, 0.2) is 5.60 Å². The lowest BCUT2D eigenvalue weighted by atomic mass is 9.86. The van der Waals surface area contributed by atoms with Crippen molar-refractivity contribution >= 4 is 5.91 Å². The summed E-state index contributed by atoms with van der Waals surface area (Å²) < 4.78 is 6.18. The van der Waals surface area contributed by atoms with E-state index in [1.807, 2.05) is 27.7 Å². The quantitative estimate of drug-likeness (QED) is 0.661. The van der Waals surface area contributed by atoms with Gasteiger partial charge in [-0.2, -0.15) is 0 Å². The minimum atomic E-state index is -0.856. The molecular formula is C20H32N2O3.